The van der Waals surface area contributed by atoms with Crippen LogP contribution in [-0.4, -0.2) is 43.7 Å². The van der Waals surface area contributed by atoms with Gasteiger partial charge in [-0.15, -0.1) is 0 Å². The highest BCUT2D eigenvalue weighted by atomic mass is 32.2. The molecule has 2 rings (SSSR count). The van der Waals surface area contributed by atoms with Crippen LogP contribution in [0, 0.1) is 0 Å². The Morgan fingerprint density at radius 3 is 2.23 bits per heavy atom. The van der Waals surface area contributed by atoms with Gasteiger partial charge < -0.3 is 10.2 Å². The lowest BCUT2D eigenvalue weighted by Gasteiger charge is -2.32. The van der Waals surface area contributed by atoms with Crippen LogP contribution in [-0.2, 0) is 10.0 Å². The predicted octanol–water partition coefficient (Wildman–Crippen LogP) is 3.52. The molecule has 0 aromatic heterocycles. The van der Waals surface area contributed by atoms with E-state index in [1.165, 1.54) is 5.56 Å². The number of benzene rings is 1. The minimum Gasteiger partial charge on any atom is -0.324 e. The third-order valence-corrected chi connectivity index (χ3v) is 6.98. The molecule has 1 aromatic rings. The van der Waals surface area contributed by atoms with Crippen LogP contribution in [0.15, 0.2) is 24.3 Å². The Balaban J connectivity index is 1.85. The van der Waals surface area contributed by atoms with Gasteiger partial charge >= 0.3 is 6.03 Å². The first-order valence-corrected chi connectivity index (χ1v) is 10.9. The van der Waals surface area contributed by atoms with Crippen LogP contribution in [0.3, 0.4) is 0 Å². The van der Waals surface area contributed by atoms with Crippen molar-refractivity contribution in [3.8, 4) is 0 Å². The average Bonchev–Trinajstić information content (AvgIpc) is 2.61. The molecule has 26 heavy (non-hydrogen) atoms. The van der Waals surface area contributed by atoms with Crippen molar-refractivity contribution in [1.29, 1.82) is 0 Å². The quantitative estimate of drug-likeness (QED) is 0.791. The fraction of sp³-hybridized carbons (Fsp3) is 0.632. The summed E-state index contributed by atoms with van der Waals surface area (Å²) in [5.74, 6) is 0.508. The Bertz CT molecular complexity index is 693. The van der Waals surface area contributed by atoms with Crippen molar-refractivity contribution in [3.05, 3.63) is 29.8 Å². The number of sulfonamides is 1. The standard InChI is InChI=1S/C19H31N3O3S/c1-5-15(4)16-6-8-17(9-7-16)20-19(23)22-12-10-18(11-13-22)21-26(24,25)14(2)3/h6-9,14-15,18,21H,5,10-13H2,1-4H3,(H,20,23). The summed E-state index contributed by atoms with van der Waals surface area (Å²) in [6.07, 6.45) is 2.35. The van der Waals surface area contributed by atoms with Gasteiger partial charge in [-0.05, 0) is 56.7 Å². The summed E-state index contributed by atoms with van der Waals surface area (Å²) in [4.78, 5) is 14.2. The summed E-state index contributed by atoms with van der Waals surface area (Å²) in [6, 6.07) is 7.74. The van der Waals surface area contributed by atoms with Crippen molar-refractivity contribution < 1.29 is 13.2 Å². The van der Waals surface area contributed by atoms with Gasteiger partial charge in [0.2, 0.25) is 10.0 Å². The van der Waals surface area contributed by atoms with Crippen molar-refractivity contribution in [2.24, 2.45) is 0 Å². The topological polar surface area (TPSA) is 78.5 Å². The zero-order chi connectivity index (χ0) is 19.3. The molecule has 1 saturated heterocycles. The van der Waals surface area contributed by atoms with Gasteiger partial charge in [0.05, 0.1) is 5.25 Å². The van der Waals surface area contributed by atoms with Crippen molar-refractivity contribution in [2.75, 3.05) is 18.4 Å². The van der Waals surface area contributed by atoms with Crippen LogP contribution in [0.5, 0.6) is 0 Å². The highest BCUT2D eigenvalue weighted by Gasteiger charge is 2.27. The number of urea groups is 1. The highest BCUT2D eigenvalue weighted by Crippen LogP contribution is 2.21. The molecule has 1 aromatic carbocycles. The summed E-state index contributed by atoms with van der Waals surface area (Å²) in [5.41, 5.74) is 2.05. The number of nitrogens with zero attached hydrogens (tertiary/aromatic N) is 1. The molecule has 2 amide bonds. The number of likely N-dealkylation sites (tertiary alicyclic amines) is 1. The SMILES string of the molecule is CCC(C)c1ccc(NC(=O)N2CCC(NS(=O)(=O)C(C)C)CC2)cc1. The number of carbonyl (C=O) groups is 1. The first-order valence-electron chi connectivity index (χ1n) is 9.40. The average molecular weight is 382 g/mol. The van der Waals surface area contributed by atoms with Gasteiger partial charge in [0.1, 0.15) is 0 Å². The Labute approximate surface area is 157 Å². The van der Waals surface area contributed by atoms with Crippen molar-refractivity contribution in [3.63, 3.8) is 0 Å². The van der Waals surface area contributed by atoms with E-state index in [0.29, 0.717) is 31.8 Å². The van der Waals surface area contributed by atoms with E-state index in [1.807, 2.05) is 12.1 Å². The van der Waals surface area contributed by atoms with Crippen LogP contribution in [0.2, 0.25) is 0 Å². The fourth-order valence-corrected chi connectivity index (χ4v) is 3.87. The second kappa shape index (κ2) is 8.86. The lowest BCUT2D eigenvalue weighted by atomic mass is 9.99. The Morgan fingerprint density at radius 1 is 1.15 bits per heavy atom. The highest BCUT2D eigenvalue weighted by molar-refractivity contribution is 7.90. The molecule has 7 heteroatoms. The fourth-order valence-electron chi connectivity index (χ4n) is 2.90. The van der Waals surface area contributed by atoms with E-state index in [0.717, 1.165) is 12.1 Å². The lowest BCUT2D eigenvalue weighted by molar-refractivity contribution is 0.193. The molecule has 2 N–H and O–H groups in total. The molecule has 1 aliphatic heterocycles. The van der Waals surface area contributed by atoms with E-state index in [-0.39, 0.29) is 12.1 Å². The number of rotatable bonds is 6. The van der Waals surface area contributed by atoms with E-state index in [4.69, 9.17) is 0 Å². The molecule has 0 radical (unpaired) electrons. The second-order valence-corrected chi connectivity index (χ2v) is 9.60. The molecule has 0 aliphatic carbocycles. The number of hydrogen-bond acceptors (Lipinski definition) is 3. The number of carbonyl (C=O) groups excluding carboxylic acids is 1. The number of hydrogen-bond donors (Lipinski definition) is 2. The Hall–Kier alpha value is -1.60. The second-order valence-electron chi connectivity index (χ2n) is 7.33. The number of piperidine rings is 1. The normalized spacial score (nSPS) is 17.3. The summed E-state index contributed by atoms with van der Waals surface area (Å²) in [6.45, 7) is 8.76. The smallest absolute Gasteiger partial charge is 0.321 e. The van der Waals surface area contributed by atoms with Gasteiger partial charge in [0.25, 0.3) is 0 Å². The minimum absolute atomic E-state index is 0.0961. The number of amides is 2. The Kier molecular flexibility index (Phi) is 7.06. The molecule has 6 nitrogen and oxygen atoms in total. The van der Waals surface area contributed by atoms with Gasteiger partial charge in [-0.1, -0.05) is 26.0 Å². The zero-order valence-corrected chi connectivity index (χ0v) is 17.0. The maximum absolute atomic E-state index is 12.4. The molecule has 0 bridgehead atoms. The van der Waals surface area contributed by atoms with Crippen molar-refractivity contribution >= 4 is 21.7 Å². The third kappa shape index (κ3) is 5.45. The van der Waals surface area contributed by atoms with Crippen LogP contribution in [0.1, 0.15) is 58.4 Å². The van der Waals surface area contributed by atoms with Crippen LogP contribution < -0.4 is 10.0 Å². The molecule has 1 atom stereocenters. The first kappa shape index (κ1) is 20.7. The van der Waals surface area contributed by atoms with E-state index in [2.05, 4.69) is 36.0 Å². The van der Waals surface area contributed by atoms with Gasteiger partial charge in [0.15, 0.2) is 0 Å². The largest absolute Gasteiger partial charge is 0.324 e. The molecule has 0 saturated carbocycles. The zero-order valence-electron chi connectivity index (χ0n) is 16.2. The van der Waals surface area contributed by atoms with Gasteiger partial charge in [-0.25, -0.2) is 17.9 Å². The molecule has 1 aliphatic rings. The predicted molar refractivity (Wildman–Crippen MR) is 106 cm³/mol. The molecular formula is C19H31N3O3S. The van der Waals surface area contributed by atoms with Crippen LogP contribution >= 0.6 is 0 Å². The summed E-state index contributed by atoms with van der Waals surface area (Å²) < 4.78 is 26.6. The van der Waals surface area contributed by atoms with Gasteiger partial charge in [0, 0.05) is 24.8 Å². The van der Waals surface area contributed by atoms with E-state index >= 15 is 0 Å². The van der Waals surface area contributed by atoms with E-state index < -0.39 is 15.3 Å². The number of nitrogens with one attached hydrogen (secondary N) is 2. The van der Waals surface area contributed by atoms with Gasteiger partial charge in [-0.2, -0.15) is 0 Å². The van der Waals surface area contributed by atoms with E-state index in [1.54, 1.807) is 18.7 Å². The molecule has 1 unspecified atom stereocenters. The summed E-state index contributed by atoms with van der Waals surface area (Å²) >= 11 is 0. The molecule has 0 spiro atoms. The summed E-state index contributed by atoms with van der Waals surface area (Å²) in [5, 5.41) is 2.48. The minimum atomic E-state index is -3.27. The summed E-state index contributed by atoms with van der Waals surface area (Å²) in [7, 11) is -3.27. The molecule has 1 fully saturated rings. The van der Waals surface area contributed by atoms with Crippen molar-refractivity contribution in [1.82, 2.24) is 9.62 Å². The first-order chi connectivity index (χ1) is 12.2. The molecule has 1 heterocycles. The maximum Gasteiger partial charge on any atom is 0.321 e. The van der Waals surface area contributed by atoms with Crippen LogP contribution in [0.4, 0.5) is 10.5 Å². The van der Waals surface area contributed by atoms with Crippen LogP contribution in [0.25, 0.3) is 0 Å². The lowest BCUT2D eigenvalue weighted by Crippen LogP contribution is -2.48. The third-order valence-electron chi connectivity index (χ3n) is 5.08. The Morgan fingerprint density at radius 2 is 1.73 bits per heavy atom. The number of anilines is 1. The molecular weight excluding hydrogens is 350 g/mol. The van der Waals surface area contributed by atoms with Crippen molar-refractivity contribution in [2.45, 2.75) is 64.2 Å². The van der Waals surface area contributed by atoms with E-state index in [9.17, 15) is 13.2 Å². The molecule has 146 valence electrons. The monoisotopic (exact) mass is 381 g/mol. The van der Waals surface area contributed by atoms with Gasteiger partial charge in [-0.3, -0.25) is 0 Å². The maximum atomic E-state index is 12.4.